The van der Waals surface area contributed by atoms with Crippen LogP contribution in [0.2, 0.25) is 0 Å². The summed E-state index contributed by atoms with van der Waals surface area (Å²) in [6, 6.07) is 9.22. The summed E-state index contributed by atoms with van der Waals surface area (Å²) in [6.07, 6.45) is 2.19. The van der Waals surface area contributed by atoms with Gasteiger partial charge in [-0.2, -0.15) is 10.4 Å². The average Bonchev–Trinajstić information content (AvgIpc) is 2.63. The SMILES string of the molecule is COc1cc(C=NNC(=O)CC#N)ccc1Oc1ccc([N+](=O)[O-])cn1. The number of nitrogens with zero attached hydrogens (tertiary/aromatic N) is 4. The molecule has 0 aliphatic carbocycles. The van der Waals surface area contributed by atoms with Crippen molar-refractivity contribution in [3.05, 3.63) is 52.2 Å². The fourth-order valence-electron chi connectivity index (χ4n) is 1.79. The Balaban J connectivity index is 2.10. The Morgan fingerprint density at radius 3 is 2.85 bits per heavy atom. The van der Waals surface area contributed by atoms with Gasteiger partial charge in [-0.25, -0.2) is 10.4 Å². The van der Waals surface area contributed by atoms with Gasteiger partial charge in [-0.1, -0.05) is 0 Å². The van der Waals surface area contributed by atoms with Crippen LogP contribution in [0.4, 0.5) is 5.69 Å². The predicted molar refractivity (Wildman–Crippen MR) is 89.9 cm³/mol. The maximum absolute atomic E-state index is 11.1. The molecule has 0 fully saturated rings. The third-order valence-electron chi connectivity index (χ3n) is 2.98. The van der Waals surface area contributed by atoms with Crippen LogP contribution in [0.1, 0.15) is 12.0 Å². The summed E-state index contributed by atoms with van der Waals surface area (Å²) < 4.78 is 10.8. The molecular formula is C16H13N5O5. The minimum absolute atomic E-state index is 0.144. The zero-order chi connectivity index (χ0) is 18.9. The number of pyridine rings is 1. The number of nitriles is 1. The monoisotopic (exact) mass is 355 g/mol. The lowest BCUT2D eigenvalue weighted by molar-refractivity contribution is -0.385. The van der Waals surface area contributed by atoms with E-state index in [9.17, 15) is 14.9 Å². The van der Waals surface area contributed by atoms with E-state index in [2.05, 4.69) is 15.5 Å². The number of ether oxygens (including phenoxy) is 2. The molecule has 0 radical (unpaired) electrons. The van der Waals surface area contributed by atoms with Crippen LogP contribution < -0.4 is 14.9 Å². The molecular weight excluding hydrogens is 342 g/mol. The van der Waals surface area contributed by atoms with E-state index in [0.717, 1.165) is 6.20 Å². The molecule has 26 heavy (non-hydrogen) atoms. The molecule has 0 bridgehead atoms. The summed E-state index contributed by atoms with van der Waals surface area (Å²) >= 11 is 0. The van der Waals surface area contributed by atoms with Gasteiger partial charge in [0.25, 0.3) is 11.6 Å². The number of rotatable bonds is 7. The van der Waals surface area contributed by atoms with Crippen LogP contribution in [0.5, 0.6) is 17.4 Å². The van der Waals surface area contributed by atoms with Crippen molar-refractivity contribution >= 4 is 17.8 Å². The van der Waals surface area contributed by atoms with Gasteiger partial charge in [0.2, 0.25) is 5.88 Å². The van der Waals surface area contributed by atoms with Crippen molar-refractivity contribution in [3.63, 3.8) is 0 Å². The molecule has 1 aromatic heterocycles. The number of nitrogens with one attached hydrogen (secondary N) is 1. The van der Waals surface area contributed by atoms with Crippen LogP contribution in [-0.4, -0.2) is 29.1 Å². The van der Waals surface area contributed by atoms with Crippen LogP contribution in [0.15, 0.2) is 41.6 Å². The lowest BCUT2D eigenvalue weighted by Gasteiger charge is -2.10. The first-order valence-corrected chi connectivity index (χ1v) is 7.18. The quantitative estimate of drug-likeness (QED) is 0.456. The van der Waals surface area contributed by atoms with E-state index in [4.69, 9.17) is 14.7 Å². The summed E-state index contributed by atoms with van der Waals surface area (Å²) in [5, 5.41) is 22.7. The maximum atomic E-state index is 11.1. The Morgan fingerprint density at radius 2 is 2.23 bits per heavy atom. The highest BCUT2D eigenvalue weighted by Crippen LogP contribution is 2.31. The zero-order valence-corrected chi connectivity index (χ0v) is 13.6. The van der Waals surface area contributed by atoms with Crippen molar-refractivity contribution in [1.29, 1.82) is 5.26 Å². The standard InChI is InChI=1S/C16H13N5O5/c1-25-14-8-11(9-19-20-15(22)6-7-17)2-4-13(14)26-16-5-3-12(10-18-16)21(23)24/h2-5,8-10H,6H2,1H3,(H,20,22). The average molecular weight is 355 g/mol. The molecule has 0 aliphatic heterocycles. The first kappa shape index (κ1) is 18.3. The number of aromatic nitrogens is 1. The molecule has 2 aromatic rings. The van der Waals surface area contributed by atoms with Crippen molar-refractivity contribution in [2.75, 3.05) is 7.11 Å². The molecule has 0 aliphatic rings. The number of nitro groups is 1. The van der Waals surface area contributed by atoms with Crippen molar-refractivity contribution in [2.24, 2.45) is 5.10 Å². The van der Waals surface area contributed by atoms with Crippen molar-refractivity contribution < 1.29 is 19.2 Å². The lowest BCUT2D eigenvalue weighted by Crippen LogP contribution is -2.16. The van der Waals surface area contributed by atoms with Crippen LogP contribution in [0.25, 0.3) is 0 Å². The maximum Gasteiger partial charge on any atom is 0.287 e. The lowest BCUT2D eigenvalue weighted by atomic mass is 10.2. The fourth-order valence-corrected chi connectivity index (χ4v) is 1.79. The second-order valence-corrected chi connectivity index (χ2v) is 4.75. The van der Waals surface area contributed by atoms with Gasteiger partial charge < -0.3 is 9.47 Å². The first-order valence-electron chi connectivity index (χ1n) is 7.18. The number of hydrazone groups is 1. The fraction of sp³-hybridized carbons (Fsp3) is 0.125. The van der Waals surface area contributed by atoms with Gasteiger partial charge in [0, 0.05) is 12.1 Å². The van der Waals surface area contributed by atoms with E-state index in [1.807, 2.05) is 0 Å². The normalized spacial score (nSPS) is 10.2. The molecule has 0 spiro atoms. The minimum Gasteiger partial charge on any atom is -0.493 e. The second-order valence-electron chi connectivity index (χ2n) is 4.75. The third-order valence-corrected chi connectivity index (χ3v) is 2.98. The van der Waals surface area contributed by atoms with Gasteiger partial charge >= 0.3 is 0 Å². The molecule has 0 saturated heterocycles. The number of amides is 1. The number of methoxy groups -OCH3 is 1. The zero-order valence-electron chi connectivity index (χ0n) is 13.6. The van der Waals surface area contributed by atoms with Gasteiger partial charge in [-0.3, -0.25) is 14.9 Å². The Morgan fingerprint density at radius 1 is 1.42 bits per heavy atom. The van der Waals surface area contributed by atoms with E-state index in [1.165, 1.54) is 25.5 Å². The van der Waals surface area contributed by atoms with E-state index in [1.54, 1.807) is 24.3 Å². The second kappa shape index (κ2) is 8.74. The number of hydrogen-bond donors (Lipinski definition) is 1. The molecule has 10 heteroatoms. The number of carbonyl (C=O) groups is 1. The summed E-state index contributed by atoms with van der Waals surface area (Å²) in [7, 11) is 1.45. The Labute approximate surface area is 147 Å². The summed E-state index contributed by atoms with van der Waals surface area (Å²) in [6.45, 7) is 0. The van der Waals surface area contributed by atoms with Crippen molar-refractivity contribution in [2.45, 2.75) is 6.42 Å². The topological polar surface area (TPSA) is 140 Å². The van der Waals surface area contributed by atoms with Gasteiger partial charge in [0.1, 0.15) is 12.6 Å². The summed E-state index contributed by atoms with van der Waals surface area (Å²) in [5.41, 5.74) is 2.68. The van der Waals surface area contributed by atoms with Crippen LogP contribution >= 0.6 is 0 Å². The van der Waals surface area contributed by atoms with Crippen molar-refractivity contribution in [1.82, 2.24) is 10.4 Å². The molecule has 0 atom stereocenters. The highest BCUT2D eigenvalue weighted by molar-refractivity contribution is 5.83. The molecule has 132 valence electrons. The highest BCUT2D eigenvalue weighted by Gasteiger charge is 2.10. The van der Waals surface area contributed by atoms with E-state index < -0.39 is 10.8 Å². The smallest absolute Gasteiger partial charge is 0.287 e. The van der Waals surface area contributed by atoms with E-state index in [0.29, 0.717) is 17.1 Å². The minimum atomic E-state index is -0.555. The van der Waals surface area contributed by atoms with E-state index in [-0.39, 0.29) is 18.0 Å². The third kappa shape index (κ3) is 5.00. The molecule has 1 heterocycles. The van der Waals surface area contributed by atoms with Crippen LogP contribution in [0.3, 0.4) is 0 Å². The Hall–Kier alpha value is -4.00. The number of benzene rings is 1. The van der Waals surface area contributed by atoms with Gasteiger partial charge in [0.05, 0.1) is 24.3 Å². The largest absolute Gasteiger partial charge is 0.493 e. The van der Waals surface area contributed by atoms with Crippen LogP contribution in [0, 0.1) is 21.4 Å². The molecule has 1 aromatic carbocycles. The van der Waals surface area contributed by atoms with Crippen LogP contribution in [-0.2, 0) is 4.79 Å². The Kier molecular flexibility index (Phi) is 6.17. The molecule has 2 rings (SSSR count). The molecule has 10 nitrogen and oxygen atoms in total. The van der Waals surface area contributed by atoms with Gasteiger partial charge in [0.15, 0.2) is 11.5 Å². The van der Waals surface area contributed by atoms with Gasteiger partial charge in [-0.15, -0.1) is 0 Å². The number of hydrogen-bond acceptors (Lipinski definition) is 8. The summed E-state index contributed by atoms with van der Waals surface area (Å²) in [4.78, 5) is 25.1. The Bertz CT molecular complexity index is 874. The van der Waals surface area contributed by atoms with Crippen molar-refractivity contribution in [3.8, 4) is 23.4 Å². The van der Waals surface area contributed by atoms with E-state index >= 15 is 0 Å². The molecule has 1 N–H and O–H groups in total. The molecule has 0 saturated carbocycles. The molecule has 1 amide bonds. The summed E-state index contributed by atoms with van der Waals surface area (Å²) in [5.74, 6) is 0.371. The predicted octanol–water partition coefficient (Wildman–Crippen LogP) is 2.15. The van der Waals surface area contributed by atoms with Gasteiger partial charge in [-0.05, 0) is 23.8 Å². The molecule has 0 unspecified atom stereocenters. The number of carbonyl (C=O) groups excluding carboxylic acids is 1. The first-order chi connectivity index (χ1) is 12.5. The highest BCUT2D eigenvalue weighted by atomic mass is 16.6.